The molecule has 0 bridgehead atoms. The number of hydrogen-bond acceptors (Lipinski definition) is 6. The van der Waals surface area contributed by atoms with Crippen molar-refractivity contribution >= 4 is 26.2 Å². The number of allylic oxidation sites excluding steroid dienone is 1. The van der Waals surface area contributed by atoms with E-state index in [-0.39, 0.29) is 20.7 Å². The molecule has 1 aromatic rings. The molecule has 7 heteroatoms. The van der Waals surface area contributed by atoms with Gasteiger partial charge in [0.05, 0.1) is 0 Å². The molecule has 0 aromatic heterocycles. The topological polar surface area (TPSA) is 74.2 Å². The number of carbonyl (C=O) groups excluding carboxylic acids is 1. The molecular formula is C32H43IO6. The fourth-order valence-corrected chi connectivity index (χ4v) is 15.7. The molecule has 2 saturated heterocycles. The fourth-order valence-electron chi connectivity index (χ4n) is 8.71. The summed E-state index contributed by atoms with van der Waals surface area (Å²) in [6, 6.07) is 8.02. The monoisotopic (exact) mass is 650 g/mol. The molecule has 1 aromatic carbocycles. The third-order valence-corrected chi connectivity index (χ3v) is 17.2. The van der Waals surface area contributed by atoms with Crippen molar-refractivity contribution in [1.82, 2.24) is 0 Å². The first-order valence-corrected chi connectivity index (χ1v) is 18.0. The SMILES string of the molecule is C=CCCOI1CC[C@@H]2C1(C)C[C@H](c1ccc(C(=O)OC)cc1)C1=C3CCC4(C[C@]3(O)CC[C@]12C)OCCO4. The average Bonchev–Trinajstić information content (AvgIpc) is 3.52. The Balaban J connectivity index is 1.45. The molecule has 2 aliphatic heterocycles. The summed E-state index contributed by atoms with van der Waals surface area (Å²) in [7, 11) is 1.42. The van der Waals surface area contributed by atoms with Gasteiger partial charge in [0, 0.05) is 0 Å². The summed E-state index contributed by atoms with van der Waals surface area (Å²) < 4.78 is 25.3. The van der Waals surface area contributed by atoms with Crippen LogP contribution >= 0.6 is 20.2 Å². The Morgan fingerprint density at radius 2 is 1.92 bits per heavy atom. The molecule has 6 nitrogen and oxygen atoms in total. The number of alkyl halides is 2. The molecule has 1 spiro atoms. The molecule has 214 valence electrons. The standard InChI is InChI=1S/C32H43IO6/c1-5-6-17-39-33-16-12-26-29(2)14-15-31(35)21-32(37-18-19-38-32)13-11-25(31)27(29)24(20-30(26,33)3)22-7-9-23(10-8-22)28(34)36-4/h5,7-10,24,26,35H,1,6,11-21H2,2-4H3/t24-,26+,29+,30?,31-/m1/s1. The van der Waals surface area contributed by atoms with E-state index < -0.39 is 31.6 Å². The first-order valence-electron chi connectivity index (χ1n) is 14.5. The average molecular weight is 651 g/mol. The number of esters is 1. The van der Waals surface area contributed by atoms with Crippen LogP contribution in [-0.4, -0.2) is 57.2 Å². The Bertz CT molecular complexity index is 1160. The third kappa shape index (κ3) is 4.46. The van der Waals surface area contributed by atoms with Gasteiger partial charge in [0.2, 0.25) is 0 Å². The van der Waals surface area contributed by atoms with Crippen LogP contribution in [0.3, 0.4) is 0 Å². The molecule has 2 saturated carbocycles. The first-order chi connectivity index (χ1) is 18.7. The van der Waals surface area contributed by atoms with Gasteiger partial charge < -0.3 is 0 Å². The van der Waals surface area contributed by atoms with Crippen LogP contribution < -0.4 is 0 Å². The molecule has 3 aliphatic carbocycles. The minimum atomic E-state index is -1.71. The predicted octanol–water partition coefficient (Wildman–Crippen LogP) is 6.51. The molecule has 6 rings (SSSR count). The normalized spacial score (nSPS) is 37.8. The van der Waals surface area contributed by atoms with Gasteiger partial charge in [-0.3, -0.25) is 0 Å². The van der Waals surface area contributed by atoms with Crippen molar-refractivity contribution < 1.29 is 27.2 Å². The number of halogens is 1. The molecule has 39 heavy (non-hydrogen) atoms. The number of aliphatic hydroxyl groups is 1. The van der Waals surface area contributed by atoms with Crippen LogP contribution in [0.1, 0.15) is 87.1 Å². The van der Waals surface area contributed by atoms with Gasteiger partial charge in [0.15, 0.2) is 0 Å². The van der Waals surface area contributed by atoms with Crippen molar-refractivity contribution in [3.05, 3.63) is 59.2 Å². The van der Waals surface area contributed by atoms with Crippen molar-refractivity contribution in [3.63, 3.8) is 0 Å². The summed E-state index contributed by atoms with van der Waals surface area (Å²) in [6.07, 6.45) is 8.95. The minimum absolute atomic E-state index is 0.0101. The second-order valence-electron chi connectivity index (χ2n) is 12.5. The molecule has 5 atom stereocenters. The van der Waals surface area contributed by atoms with Gasteiger partial charge in [-0.2, -0.15) is 0 Å². The molecule has 5 aliphatic rings. The third-order valence-electron chi connectivity index (χ3n) is 10.5. The summed E-state index contributed by atoms with van der Waals surface area (Å²) >= 11 is -1.71. The van der Waals surface area contributed by atoms with Crippen LogP contribution in [0.2, 0.25) is 0 Å². The maximum atomic E-state index is 12.3. The van der Waals surface area contributed by atoms with Gasteiger partial charge in [-0.1, -0.05) is 0 Å². The second-order valence-corrected chi connectivity index (χ2v) is 18.5. The van der Waals surface area contributed by atoms with Gasteiger partial charge in [0.25, 0.3) is 0 Å². The zero-order valence-corrected chi connectivity index (χ0v) is 25.8. The predicted molar refractivity (Wildman–Crippen MR) is 159 cm³/mol. The Morgan fingerprint density at radius 3 is 2.62 bits per heavy atom. The van der Waals surface area contributed by atoms with Gasteiger partial charge >= 0.3 is 241 Å². The van der Waals surface area contributed by atoms with Gasteiger partial charge in [-0.15, -0.1) is 0 Å². The molecule has 4 fully saturated rings. The van der Waals surface area contributed by atoms with Gasteiger partial charge in [0.1, 0.15) is 0 Å². The zero-order valence-electron chi connectivity index (χ0n) is 23.6. The number of ether oxygens (including phenoxy) is 3. The van der Waals surface area contributed by atoms with E-state index in [1.165, 1.54) is 34.7 Å². The van der Waals surface area contributed by atoms with Gasteiger partial charge in [-0.25, -0.2) is 0 Å². The van der Waals surface area contributed by atoms with E-state index in [0.29, 0.717) is 31.1 Å². The van der Waals surface area contributed by atoms with Gasteiger partial charge in [-0.05, 0) is 0 Å². The second kappa shape index (κ2) is 10.2. The molecule has 0 amide bonds. The van der Waals surface area contributed by atoms with E-state index in [1.54, 1.807) is 0 Å². The number of benzene rings is 1. The first kappa shape index (κ1) is 27.9. The number of fused-ring (bicyclic) bond motifs is 4. The fraction of sp³-hybridized carbons (Fsp3) is 0.656. The van der Waals surface area contributed by atoms with Crippen LogP contribution in [-0.2, 0) is 17.3 Å². The summed E-state index contributed by atoms with van der Waals surface area (Å²) in [5.41, 5.74) is 3.61. The molecular weight excluding hydrogens is 607 g/mol. The molecule has 2 heterocycles. The summed E-state index contributed by atoms with van der Waals surface area (Å²) in [6.45, 7) is 10.9. The number of hydrogen-bond donors (Lipinski definition) is 1. The summed E-state index contributed by atoms with van der Waals surface area (Å²) in [5.74, 6) is -0.208. The zero-order chi connectivity index (χ0) is 27.5. The number of rotatable bonds is 6. The van der Waals surface area contributed by atoms with E-state index in [0.717, 1.165) is 45.1 Å². The van der Waals surface area contributed by atoms with Crippen molar-refractivity contribution in [3.8, 4) is 0 Å². The van der Waals surface area contributed by atoms with E-state index in [4.69, 9.17) is 17.3 Å². The summed E-state index contributed by atoms with van der Waals surface area (Å²) in [4.78, 5) is 12.2. The van der Waals surface area contributed by atoms with Crippen LogP contribution in [0.5, 0.6) is 0 Å². The molecule has 1 unspecified atom stereocenters. The van der Waals surface area contributed by atoms with Crippen molar-refractivity contribution in [2.24, 2.45) is 11.3 Å². The molecule has 1 N–H and O–H groups in total. The Morgan fingerprint density at radius 1 is 1.18 bits per heavy atom. The van der Waals surface area contributed by atoms with Crippen molar-refractivity contribution in [2.45, 2.75) is 85.9 Å². The molecule has 0 radical (unpaired) electrons. The number of methoxy groups -OCH3 is 1. The maximum absolute atomic E-state index is 12.3. The van der Waals surface area contributed by atoms with Crippen LogP contribution in [0.25, 0.3) is 0 Å². The van der Waals surface area contributed by atoms with E-state index in [9.17, 15) is 9.90 Å². The van der Waals surface area contributed by atoms with Crippen molar-refractivity contribution in [2.75, 3.05) is 31.4 Å². The quantitative estimate of drug-likeness (QED) is 0.125. The Labute approximate surface area is 240 Å². The van der Waals surface area contributed by atoms with Crippen molar-refractivity contribution in [1.29, 1.82) is 0 Å². The Kier molecular flexibility index (Phi) is 7.31. The number of carbonyl (C=O) groups is 1. The van der Waals surface area contributed by atoms with Crippen LogP contribution in [0.4, 0.5) is 0 Å². The van der Waals surface area contributed by atoms with Crippen LogP contribution in [0, 0.1) is 11.3 Å². The van der Waals surface area contributed by atoms with Crippen LogP contribution in [0.15, 0.2) is 48.1 Å². The summed E-state index contributed by atoms with van der Waals surface area (Å²) in [5, 5.41) is 12.3. The van der Waals surface area contributed by atoms with E-state index in [2.05, 4.69) is 32.6 Å². The Hall–Kier alpha value is -1.26. The van der Waals surface area contributed by atoms with E-state index >= 15 is 0 Å². The van der Waals surface area contributed by atoms with E-state index in [1.807, 2.05) is 18.2 Å².